The third kappa shape index (κ3) is 2.27. The highest BCUT2D eigenvalue weighted by molar-refractivity contribution is 5.67. The first-order valence-corrected chi connectivity index (χ1v) is 6.36. The molecule has 96 valence electrons. The maximum atomic E-state index is 5.93. The van der Waals surface area contributed by atoms with Crippen LogP contribution in [0.15, 0.2) is 60.9 Å². The normalized spacial score (nSPS) is 13.2. The van der Waals surface area contributed by atoms with Crippen LogP contribution in [0, 0.1) is 0 Å². The van der Waals surface area contributed by atoms with Crippen LogP contribution in [-0.4, -0.2) is 4.90 Å². The summed E-state index contributed by atoms with van der Waals surface area (Å²) in [6, 6.07) is 16.2. The molecule has 0 unspecified atom stereocenters. The first-order chi connectivity index (χ1) is 9.24. The zero-order chi connectivity index (χ0) is 13.2. The number of nitrogens with two attached hydrogens (primary N) is 1. The number of fused-ring (bicyclic) bond motifs is 1. The summed E-state index contributed by atoms with van der Waals surface area (Å²) in [5, 5.41) is 3.29. The summed E-state index contributed by atoms with van der Waals surface area (Å²) in [5.74, 6) is 0.883. The van der Waals surface area contributed by atoms with Gasteiger partial charge >= 0.3 is 0 Å². The van der Waals surface area contributed by atoms with Gasteiger partial charge in [0.1, 0.15) is 0 Å². The van der Waals surface area contributed by atoms with E-state index in [1.165, 1.54) is 11.1 Å². The van der Waals surface area contributed by atoms with Crippen LogP contribution >= 0.6 is 0 Å². The maximum absolute atomic E-state index is 5.93. The molecule has 0 aromatic heterocycles. The fourth-order valence-corrected chi connectivity index (χ4v) is 2.37. The van der Waals surface area contributed by atoms with Crippen LogP contribution in [0.3, 0.4) is 0 Å². The van der Waals surface area contributed by atoms with Crippen molar-refractivity contribution in [2.24, 2.45) is 0 Å². The fourth-order valence-electron chi connectivity index (χ4n) is 2.37. The lowest BCUT2D eigenvalue weighted by molar-refractivity contribution is 0.369. The van der Waals surface area contributed by atoms with E-state index in [0.717, 1.165) is 30.3 Å². The third-order valence-corrected chi connectivity index (χ3v) is 3.46. The molecule has 3 N–H and O–H groups in total. The Labute approximate surface area is 113 Å². The van der Waals surface area contributed by atoms with E-state index in [2.05, 4.69) is 41.1 Å². The molecular formula is C16H17N3. The fraction of sp³-hybridized carbons (Fsp3) is 0.125. The molecule has 2 aromatic carbocycles. The number of benzene rings is 2. The van der Waals surface area contributed by atoms with Gasteiger partial charge in [0.05, 0.1) is 17.2 Å². The van der Waals surface area contributed by atoms with Crippen LogP contribution in [0.5, 0.6) is 0 Å². The van der Waals surface area contributed by atoms with Gasteiger partial charge in [-0.3, -0.25) is 0 Å². The second kappa shape index (κ2) is 4.69. The Hall–Kier alpha value is -2.42. The predicted octanol–water partition coefficient (Wildman–Crippen LogP) is 3.17. The van der Waals surface area contributed by atoms with Crippen molar-refractivity contribution in [3.8, 4) is 0 Å². The minimum Gasteiger partial charge on any atom is -0.397 e. The Morgan fingerprint density at radius 2 is 1.58 bits per heavy atom. The zero-order valence-corrected chi connectivity index (χ0v) is 10.8. The molecule has 0 atom stereocenters. The quantitative estimate of drug-likeness (QED) is 0.823. The summed E-state index contributed by atoms with van der Waals surface area (Å²) in [4.78, 5) is 2.22. The summed E-state index contributed by atoms with van der Waals surface area (Å²) >= 11 is 0. The number of anilines is 2. The highest BCUT2D eigenvalue weighted by atomic mass is 15.2. The summed E-state index contributed by atoms with van der Waals surface area (Å²) < 4.78 is 0. The van der Waals surface area contributed by atoms with Crippen LogP contribution in [-0.2, 0) is 13.1 Å². The lowest BCUT2D eigenvalue weighted by Crippen LogP contribution is -2.21. The number of para-hydroxylation sites is 2. The average molecular weight is 251 g/mol. The van der Waals surface area contributed by atoms with Gasteiger partial charge < -0.3 is 16.0 Å². The van der Waals surface area contributed by atoms with E-state index in [0.29, 0.717) is 0 Å². The van der Waals surface area contributed by atoms with Gasteiger partial charge in [-0.1, -0.05) is 43.0 Å². The van der Waals surface area contributed by atoms with Gasteiger partial charge in [-0.2, -0.15) is 0 Å². The predicted molar refractivity (Wildman–Crippen MR) is 79.3 cm³/mol. The molecule has 19 heavy (non-hydrogen) atoms. The maximum Gasteiger partial charge on any atom is 0.0990 e. The molecule has 0 fully saturated rings. The number of hydrogen-bond acceptors (Lipinski definition) is 3. The highest BCUT2D eigenvalue weighted by Crippen LogP contribution is 2.27. The summed E-state index contributed by atoms with van der Waals surface area (Å²) in [6.45, 7) is 5.91. The minimum absolute atomic E-state index is 0.736. The van der Waals surface area contributed by atoms with Crippen LogP contribution < -0.4 is 11.1 Å². The van der Waals surface area contributed by atoms with Crippen molar-refractivity contribution in [2.45, 2.75) is 13.1 Å². The molecule has 0 aliphatic carbocycles. The topological polar surface area (TPSA) is 41.3 Å². The highest BCUT2D eigenvalue weighted by Gasteiger charge is 2.19. The third-order valence-electron chi connectivity index (χ3n) is 3.46. The van der Waals surface area contributed by atoms with Crippen molar-refractivity contribution >= 4 is 11.4 Å². The molecule has 2 aromatic rings. The van der Waals surface area contributed by atoms with Gasteiger partial charge in [0, 0.05) is 13.1 Å². The minimum atomic E-state index is 0.736. The van der Waals surface area contributed by atoms with Crippen LogP contribution in [0.4, 0.5) is 11.4 Å². The van der Waals surface area contributed by atoms with E-state index in [-0.39, 0.29) is 0 Å². The van der Waals surface area contributed by atoms with E-state index >= 15 is 0 Å². The molecule has 1 aliphatic rings. The molecule has 1 aliphatic heterocycles. The standard InChI is InChI=1S/C16H17N3/c1-12(18-16-9-5-4-8-15(16)17)19-10-13-6-2-3-7-14(13)11-19/h2-9,18H,1,10-11,17H2. The molecule has 0 saturated carbocycles. The average Bonchev–Trinajstić information content (AvgIpc) is 2.85. The smallest absolute Gasteiger partial charge is 0.0990 e. The van der Waals surface area contributed by atoms with Gasteiger partial charge in [0.25, 0.3) is 0 Å². The molecule has 0 saturated heterocycles. The van der Waals surface area contributed by atoms with E-state index in [4.69, 9.17) is 5.73 Å². The van der Waals surface area contributed by atoms with Gasteiger partial charge in [-0.15, -0.1) is 0 Å². The first kappa shape index (κ1) is 11.7. The molecule has 3 nitrogen and oxygen atoms in total. The molecule has 3 heteroatoms. The molecular weight excluding hydrogens is 234 g/mol. The van der Waals surface area contributed by atoms with E-state index in [1.54, 1.807) is 0 Å². The molecule has 0 bridgehead atoms. The summed E-state index contributed by atoms with van der Waals surface area (Å²) in [6.07, 6.45) is 0. The van der Waals surface area contributed by atoms with Crippen LogP contribution in [0.2, 0.25) is 0 Å². The number of hydrogen-bond donors (Lipinski definition) is 2. The van der Waals surface area contributed by atoms with Crippen LogP contribution in [0.25, 0.3) is 0 Å². The lowest BCUT2D eigenvalue weighted by Gasteiger charge is -2.22. The largest absolute Gasteiger partial charge is 0.397 e. The van der Waals surface area contributed by atoms with Crippen molar-refractivity contribution in [2.75, 3.05) is 11.1 Å². The monoisotopic (exact) mass is 251 g/mol. The Morgan fingerprint density at radius 1 is 1.00 bits per heavy atom. The van der Waals surface area contributed by atoms with E-state index in [9.17, 15) is 0 Å². The molecule has 0 radical (unpaired) electrons. The van der Waals surface area contributed by atoms with Crippen molar-refractivity contribution in [3.63, 3.8) is 0 Å². The Bertz CT molecular complexity index is 594. The lowest BCUT2D eigenvalue weighted by atomic mass is 10.1. The number of nitrogens with zero attached hydrogens (tertiary/aromatic N) is 1. The molecule has 1 heterocycles. The first-order valence-electron chi connectivity index (χ1n) is 6.36. The van der Waals surface area contributed by atoms with Gasteiger partial charge in [0.15, 0.2) is 0 Å². The van der Waals surface area contributed by atoms with Gasteiger partial charge in [0.2, 0.25) is 0 Å². The Balaban J connectivity index is 1.72. The van der Waals surface area contributed by atoms with Crippen molar-refractivity contribution < 1.29 is 0 Å². The number of nitrogen functional groups attached to an aromatic ring is 1. The van der Waals surface area contributed by atoms with Crippen molar-refractivity contribution in [3.05, 3.63) is 72.1 Å². The Morgan fingerprint density at radius 3 is 2.21 bits per heavy atom. The van der Waals surface area contributed by atoms with Crippen molar-refractivity contribution in [1.29, 1.82) is 0 Å². The number of nitrogens with one attached hydrogen (secondary N) is 1. The number of rotatable bonds is 3. The molecule has 0 amide bonds. The SMILES string of the molecule is C=C(Nc1ccccc1N)N1Cc2ccccc2C1. The summed E-state index contributed by atoms with van der Waals surface area (Å²) in [7, 11) is 0. The molecule has 3 rings (SSSR count). The van der Waals surface area contributed by atoms with E-state index in [1.807, 2.05) is 24.3 Å². The zero-order valence-electron chi connectivity index (χ0n) is 10.8. The Kier molecular flexibility index (Phi) is 2.88. The summed E-state index contributed by atoms with van der Waals surface area (Å²) in [5.41, 5.74) is 10.3. The van der Waals surface area contributed by atoms with Gasteiger partial charge in [-0.05, 0) is 23.3 Å². The van der Waals surface area contributed by atoms with E-state index < -0.39 is 0 Å². The molecule has 0 spiro atoms. The van der Waals surface area contributed by atoms with Gasteiger partial charge in [-0.25, -0.2) is 0 Å². The van der Waals surface area contributed by atoms with Crippen LogP contribution in [0.1, 0.15) is 11.1 Å². The second-order valence-corrected chi connectivity index (χ2v) is 4.78. The van der Waals surface area contributed by atoms with Crippen molar-refractivity contribution in [1.82, 2.24) is 4.90 Å². The second-order valence-electron chi connectivity index (χ2n) is 4.78.